The molecule has 8 unspecified atom stereocenters. The molecule has 0 aromatic heterocycles. The first-order chi connectivity index (χ1) is 13.7. The van der Waals surface area contributed by atoms with E-state index in [1.807, 2.05) is 11.9 Å². The predicted octanol–water partition coefficient (Wildman–Crippen LogP) is 7.96. The molecule has 0 radical (unpaired) electrons. The highest BCUT2D eigenvalue weighted by molar-refractivity contribution is 7.97. The molecule has 0 aliphatic heterocycles. The highest BCUT2D eigenvalue weighted by Crippen LogP contribution is 2.68. The summed E-state index contributed by atoms with van der Waals surface area (Å²) in [6, 6.07) is 0. The minimum Gasteiger partial charge on any atom is -0.267 e. The zero-order valence-corrected chi connectivity index (χ0v) is 21.2. The summed E-state index contributed by atoms with van der Waals surface area (Å²) in [5.74, 6) is 7.17. The van der Waals surface area contributed by atoms with E-state index in [1.165, 1.54) is 37.9 Å². The third-order valence-corrected chi connectivity index (χ3v) is 12.3. The average Bonchev–Trinajstić information content (AvgIpc) is 3.01. The molecule has 1 nitrogen and oxygen atoms in total. The summed E-state index contributed by atoms with van der Waals surface area (Å²) < 4.78 is 3.29. The molecule has 0 spiro atoms. The number of rotatable bonds is 6. The van der Waals surface area contributed by atoms with E-state index in [2.05, 4.69) is 46.4 Å². The van der Waals surface area contributed by atoms with Gasteiger partial charge in [-0.05, 0) is 117 Å². The maximum Gasteiger partial charge on any atom is 0.0109 e. The molecule has 1 N–H and O–H groups in total. The van der Waals surface area contributed by atoms with Gasteiger partial charge in [-0.2, -0.15) is 0 Å². The molecule has 4 saturated carbocycles. The van der Waals surface area contributed by atoms with Gasteiger partial charge in [-0.15, -0.1) is 0 Å². The second-order valence-electron chi connectivity index (χ2n) is 12.8. The van der Waals surface area contributed by atoms with E-state index in [-0.39, 0.29) is 0 Å². The Bertz CT molecular complexity index is 573. The Morgan fingerprint density at radius 2 is 1.69 bits per heavy atom. The lowest BCUT2D eigenvalue weighted by atomic mass is 9.44. The van der Waals surface area contributed by atoms with Crippen LogP contribution < -0.4 is 4.72 Å². The number of hydrogen-bond acceptors (Lipinski definition) is 2. The molecule has 0 heterocycles. The SMILES string of the molecule is CNSCC(C)C(C)(C)CC1CCC2C3CCC4CCCCC4(C)C3CCC12C. The Labute approximate surface area is 186 Å². The van der Waals surface area contributed by atoms with Crippen LogP contribution in [0, 0.1) is 51.8 Å². The molecule has 0 amide bonds. The maximum absolute atomic E-state index is 3.29. The fraction of sp³-hybridized carbons (Fsp3) is 1.00. The van der Waals surface area contributed by atoms with E-state index in [1.54, 1.807) is 38.5 Å². The first-order valence-electron chi connectivity index (χ1n) is 13.0. The molecule has 0 aromatic carbocycles. The van der Waals surface area contributed by atoms with Gasteiger partial charge in [0.25, 0.3) is 0 Å². The topological polar surface area (TPSA) is 12.0 Å². The highest BCUT2D eigenvalue weighted by atomic mass is 32.2. The van der Waals surface area contributed by atoms with Crippen LogP contribution in [0.15, 0.2) is 0 Å². The Balaban J connectivity index is 1.48. The van der Waals surface area contributed by atoms with Gasteiger partial charge < -0.3 is 0 Å². The van der Waals surface area contributed by atoms with Gasteiger partial charge >= 0.3 is 0 Å². The second kappa shape index (κ2) is 8.34. The largest absolute Gasteiger partial charge is 0.267 e. The van der Waals surface area contributed by atoms with E-state index in [0.29, 0.717) is 16.2 Å². The summed E-state index contributed by atoms with van der Waals surface area (Å²) in [5, 5.41) is 0. The van der Waals surface area contributed by atoms with Crippen molar-refractivity contribution in [2.24, 2.45) is 51.8 Å². The molecule has 8 atom stereocenters. The molecule has 29 heavy (non-hydrogen) atoms. The number of hydrogen-bond donors (Lipinski definition) is 1. The molecule has 4 fully saturated rings. The molecule has 0 bridgehead atoms. The van der Waals surface area contributed by atoms with Crippen molar-refractivity contribution in [3.05, 3.63) is 0 Å². The van der Waals surface area contributed by atoms with Gasteiger partial charge in [0.1, 0.15) is 0 Å². The van der Waals surface area contributed by atoms with Crippen molar-refractivity contribution in [3.63, 3.8) is 0 Å². The Kier molecular flexibility index (Phi) is 6.47. The van der Waals surface area contributed by atoms with Gasteiger partial charge in [0.2, 0.25) is 0 Å². The van der Waals surface area contributed by atoms with Crippen LogP contribution in [0.2, 0.25) is 0 Å². The van der Waals surface area contributed by atoms with Crippen molar-refractivity contribution in [1.82, 2.24) is 4.72 Å². The summed E-state index contributed by atoms with van der Waals surface area (Å²) in [6.45, 7) is 13.1. The van der Waals surface area contributed by atoms with Crippen LogP contribution in [0.5, 0.6) is 0 Å². The smallest absolute Gasteiger partial charge is 0.0109 e. The summed E-state index contributed by atoms with van der Waals surface area (Å²) in [4.78, 5) is 0. The van der Waals surface area contributed by atoms with E-state index in [0.717, 1.165) is 35.5 Å². The lowest BCUT2D eigenvalue weighted by molar-refractivity contribution is -0.113. The van der Waals surface area contributed by atoms with E-state index < -0.39 is 0 Å². The monoisotopic (exact) mass is 419 g/mol. The standard InChI is InChI=1S/C27H49NS/c1-19(18-29-28-6)25(2,3)17-21-11-13-23-22-12-10-20-9-7-8-15-26(20,4)24(22)14-16-27(21,23)5/h19-24,28H,7-18H2,1-6H3. The van der Waals surface area contributed by atoms with Gasteiger partial charge in [0.05, 0.1) is 0 Å². The normalized spacial score (nSPS) is 45.9. The van der Waals surface area contributed by atoms with Gasteiger partial charge in [-0.1, -0.05) is 59.4 Å². The van der Waals surface area contributed by atoms with E-state index >= 15 is 0 Å². The van der Waals surface area contributed by atoms with Crippen LogP contribution in [-0.4, -0.2) is 12.8 Å². The van der Waals surface area contributed by atoms with Crippen molar-refractivity contribution in [2.45, 2.75) is 105 Å². The molecule has 4 rings (SSSR count). The van der Waals surface area contributed by atoms with Crippen molar-refractivity contribution in [2.75, 3.05) is 12.8 Å². The van der Waals surface area contributed by atoms with Crippen LogP contribution in [0.4, 0.5) is 0 Å². The zero-order valence-electron chi connectivity index (χ0n) is 20.4. The minimum absolute atomic E-state index is 0.455. The summed E-state index contributed by atoms with van der Waals surface area (Å²) in [7, 11) is 2.06. The fourth-order valence-corrected chi connectivity index (χ4v) is 9.88. The summed E-state index contributed by atoms with van der Waals surface area (Å²) in [5.41, 5.74) is 1.78. The predicted molar refractivity (Wildman–Crippen MR) is 129 cm³/mol. The minimum atomic E-state index is 0.455. The van der Waals surface area contributed by atoms with Crippen molar-refractivity contribution in [3.8, 4) is 0 Å². The molecule has 0 saturated heterocycles. The second-order valence-corrected chi connectivity index (χ2v) is 13.9. The van der Waals surface area contributed by atoms with Gasteiger partial charge in [0.15, 0.2) is 0 Å². The van der Waals surface area contributed by atoms with Crippen molar-refractivity contribution < 1.29 is 0 Å². The van der Waals surface area contributed by atoms with Crippen LogP contribution >= 0.6 is 11.9 Å². The maximum atomic E-state index is 3.29. The molecule has 4 aliphatic rings. The Morgan fingerprint density at radius 1 is 0.931 bits per heavy atom. The third kappa shape index (κ3) is 3.85. The van der Waals surface area contributed by atoms with Crippen molar-refractivity contribution >= 4 is 11.9 Å². The van der Waals surface area contributed by atoms with Gasteiger partial charge in [-0.3, -0.25) is 4.72 Å². The lowest BCUT2D eigenvalue weighted by Crippen LogP contribution is -2.52. The Morgan fingerprint density at radius 3 is 2.45 bits per heavy atom. The van der Waals surface area contributed by atoms with Crippen LogP contribution in [-0.2, 0) is 0 Å². The average molecular weight is 420 g/mol. The fourth-order valence-electron chi connectivity index (χ4n) is 9.01. The van der Waals surface area contributed by atoms with E-state index in [4.69, 9.17) is 0 Å². The van der Waals surface area contributed by atoms with Gasteiger partial charge in [0, 0.05) is 5.75 Å². The van der Waals surface area contributed by atoms with Crippen LogP contribution in [0.3, 0.4) is 0 Å². The quantitative estimate of drug-likeness (QED) is 0.438. The molecule has 4 aliphatic carbocycles. The van der Waals surface area contributed by atoms with Crippen LogP contribution in [0.25, 0.3) is 0 Å². The highest BCUT2D eigenvalue weighted by Gasteiger charge is 2.59. The first-order valence-corrected chi connectivity index (χ1v) is 14.0. The third-order valence-electron chi connectivity index (χ3n) is 11.4. The van der Waals surface area contributed by atoms with Crippen molar-refractivity contribution in [1.29, 1.82) is 0 Å². The van der Waals surface area contributed by atoms with E-state index in [9.17, 15) is 0 Å². The number of nitrogens with one attached hydrogen (secondary N) is 1. The first kappa shape index (κ1) is 22.5. The summed E-state index contributed by atoms with van der Waals surface area (Å²) in [6.07, 6.45) is 16.8. The molecule has 2 heteroatoms. The number of fused-ring (bicyclic) bond motifs is 5. The lowest BCUT2D eigenvalue weighted by Gasteiger charge is -2.61. The summed E-state index contributed by atoms with van der Waals surface area (Å²) >= 11 is 1.90. The molecular weight excluding hydrogens is 370 g/mol. The zero-order chi connectivity index (χ0) is 20.9. The molecule has 168 valence electrons. The molecule has 0 aromatic rings. The Hall–Kier alpha value is 0.310. The van der Waals surface area contributed by atoms with Gasteiger partial charge in [-0.25, -0.2) is 0 Å². The van der Waals surface area contributed by atoms with Crippen LogP contribution in [0.1, 0.15) is 105 Å². The molecular formula is C27H49NS.